The van der Waals surface area contributed by atoms with Crippen LogP contribution >= 0.6 is 11.6 Å². The number of carbonyl (C=O) groups excluding carboxylic acids is 1. The molecule has 92 valence electrons. The van der Waals surface area contributed by atoms with Crippen LogP contribution in [0, 0.1) is 19.3 Å². The second kappa shape index (κ2) is 4.65. The van der Waals surface area contributed by atoms with Gasteiger partial charge in [-0.1, -0.05) is 0 Å². The van der Waals surface area contributed by atoms with Gasteiger partial charge < -0.3 is 5.32 Å². The van der Waals surface area contributed by atoms with Crippen molar-refractivity contribution in [2.75, 3.05) is 12.4 Å². The molecule has 0 aliphatic heterocycles. The van der Waals surface area contributed by atoms with Crippen LogP contribution in [0.15, 0.2) is 12.1 Å². The number of nitrogens with zero attached hydrogens (tertiary/aromatic N) is 1. The van der Waals surface area contributed by atoms with E-state index in [1.54, 1.807) is 0 Å². The van der Waals surface area contributed by atoms with Gasteiger partial charge in [0.1, 0.15) is 0 Å². The van der Waals surface area contributed by atoms with Crippen molar-refractivity contribution < 1.29 is 4.79 Å². The number of alkyl halides is 1. The maximum atomic E-state index is 12.0. The summed E-state index contributed by atoms with van der Waals surface area (Å²) in [5, 5.41) is 2.95. The highest BCUT2D eigenvalue weighted by atomic mass is 35.5. The van der Waals surface area contributed by atoms with Crippen LogP contribution < -0.4 is 5.32 Å². The summed E-state index contributed by atoms with van der Waals surface area (Å²) in [6.07, 6.45) is 2.23. The molecule has 0 atom stereocenters. The molecule has 1 heterocycles. The van der Waals surface area contributed by atoms with Gasteiger partial charge >= 0.3 is 0 Å². The maximum absolute atomic E-state index is 12.0. The molecular weight excluding hydrogens is 236 g/mol. The molecule has 4 heteroatoms. The van der Waals surface area contributed by atoms with Crippen LogP contribution in [0.3, 0.4) is 0 Å². The Bertz CT molecular complexity index is 441. The second-order valence-corrected chi connectivity index (χ2v) is 5.17. The zero-order valence-electron chi connectivity index (χ0n) is 10.2. The van der Waals surface area contributed by atoms with Gasteiger partial charge in [0, 0.05) is 23.5 Å². The van der Waals surface area contributed by atoms with Gasteiger partial charge in [-0.05, 0) is 38.8 Å². The van der Waals surface area contributed by atoms with Gasteiger partial charge in [-0.3, -0.25) is 9.78 Å². The molecule has 1 amide bonds. The van der Waals surface area contributed by atoms with Gasteiger partial charge in [-0.25, -0.2) is 0 Å². The fourth-order valence-corrected chi connectivity index (χ4v) is 2.19. The number of halogens is 1. The van der Waals surface area contributed by atoms with Crippen LogP contribution in [-0.4, -0.2) is 23.3 Å². The summed E-state index contributed by atoms with van der Waals surface area (Å²) < 4.78 is 0. The quantitative estimate of drug-likeness (QED) is 0.837. The largest absolute Gasteiger partial charge is 0.351 e. The third-order valence-corrected chi connectivity index (χ3v) is 3.90. The minimum atomic E-state index is -0.0496. The monoisotopic (exact) mass is 252 g/mol. The Labute approximate surface area is 107 Å². The van der Waals surface area contributed by atoms with Crippen LogP contribution in [0.1, 0.15) is 34.6 Å². The lowest BCUT2D eigenvalue weighted by Crippen LogP contribution is -2.31. The Hall–Kier alpha value is -1.09. The number of nitrogens with one attached hydrogen (secondary N) is 1. The molecule has 1 aliphatic rings. The van der Waals surface area contributed by atoms with Crippen molar-refractivity contribution >= 4 is 17.5 Å². The van der Waals surface area contributed by atoms with Crippen molar-refractivity contribution in [3.63, 3.8) is 0 Å². The fraction of sp³-hybridized carbons (Fsp3) is 0.538. The molecule has 1 N–H and O–H groups in total. The average molecular weight is 253 g/mol. The number of aromatic nitrogens is 1. The average Bonchev–Trinajstić information content (AvgIpc) is 3.07. The van der Waals surface area contributed by atoms with Crippen LogP contribution in [0.2, 0.25) is 0 Å². The number of hydrogen-bond donors (Lipinski definition) is 1. The van der Waals surface area contributed by atoms with E-state index in [0.29, 0.717) is 18.0 Å². The Morgan fingerprint density at radius 3 is 2.71 bits per heavy atom. The zero-order valence-corrected chi connectivity index (χ0v) is 11.0. The molecule has 0 saturated heterocycles. The molecule has 1 saturated carbocycles. The summed E-state index contributed by atoms with van der Waals surface area (Å²) >= 11 is 5.87. The Kier molecular flexibility index (Phi) is 3.38. The SMILES string of the molecule is Cc1ccc(C(=O)NCC2(CCl)CC2)c(C)n1. The number of carbonyl (C=O) groups is 1. The number of aryl methyl sites for hydroxylation is 2. The van der Waals surface area contributed by atoms with Crippen molar-refractivity contribution in [3.05, 3.63) is 29.1 Å². The van der Waals surface area contributed by atoms with E-state index in [4.69, 9.17) is 11.6 Å². The second-order valence-electron chi connectivity index (χ2n) is 4.90. The van der Waals surface area contributed by atoms with Gasteiger partial charge in [0.15, 0.2) is 0 Å². The zero-order chi connectivity index (χ0) is 12.5. The molecule has 0 bridgehead atoms. The lowest BCUT2D eigenvalue weighted by Gasteiger charge is -2.13. The van der Waals surface area contributed by atoms with Crippen molar-refractivity contribution in [1.82, 2.24) is 10.3 Å². The molecule has 0 aromatic carbocycles. The van der Waals surface area contributed by atoms with Crippen molar-refractivity contribution in [2.45, 2.75) is 26.7 Å². The minimum Gasteiger partial charge on any atom is -0.351 e. The van der Waals surface area contributed by atoms with Gasteiger partial charge in [0.05, 0.1) is 11.3 Å². The Morgan fingerprint density at radius 1 is 1.47 bits per heavy atom. The summed E-state index contributed by atoms with van der Waals surface area (Å²) in [7, 11) is 0. The Morgan fingerprint density at radius 2 is 2.18 bits per heavy atom. The molecule has 1 aliphatic carbocycles. The Balaban J connectivity index is 2.00. The number of amides is 1. The lowest BCUT2D eigenvalue weighted by molar-refractivity contribution is 0.0945. The summed E-state index contributed by atoms with van der Waals surface area (Å²) in [6.45, 7) is 4.44. The molecule has 2 rings (SSSR count). The van der Waals surface area contributed by atoms with E-state index in [2.05, 4.69) is 10.3 Å². The smallest absolute Gasteiger partial charge is 0.253 e. The summed E-state index contributed by atoms with van der Waals surface area (Å²) in [4.78, 5) is 16.3. The van der Waals surface area contributed by atoms with E-state index < -0.39 is 0 Å². The number of hydrogen-bond acceptors (Lipinski definition) is 2. The third-order valence-electron chi connectivity index (χ3n) is 3.33. The summed E-state index contributed by atoms with van der Waals surface area (Å²) in [6, 6.07) is 3.68. The van der Waals surface area contributed by atoms with Crippen LogP contribution in [0.25, 0.3) is 0 Å². The molecule has 17 heavy (non-hydrogen) atoms. The van der Waals surface area contributed by atoms with E-state index in [-0.39, 0.29) is 11.3 Å². The van der Waals surface area contributed by atoms with Crippen LogP contribution in [-0.2, 0) is 0 Å². The third kappa shape index (κ3) is 2.78. The highest BCUT2D eigenvalue weighted by molar-refractivity contribution is 6.18. The molecule has 0 radical (unpaired) electrons. The minimum absolute atomic E-state index is 0.0496. The van der Waals surface area contributed by atoms with Crippen molar-refractivity contribution in [2.24, 2.45) is 5.41 Å². The first kappa shape index (κ1) is 12.4. The molecule has 1 aromatic rings. The van der Waals surface area contributed by atoms with E-state index in [0.717, 1.165) is 24.2 Å². The molecule has 1 fully saturated rings. The predicted molar refractivity (Wildman–Crippen MR) is 68.4 cm³/mol. The maximum Gasteiger partial charge on any atom is 0.253 e. The first-order valence-electron chi connectivity index (χ1n) is 5.85. The highest BCUT2D eigenvalue weighted by Gasteiger charge is 2.41. The van der Waals surface area contributed by atoms with Crippen molar-refractivity contribution in [3.8, 4) is 0 Å². The molecule has 0 unspecified atom stereocenters. The predicted octanol–water partition coefficient (Wildman–Crippen LogP) is 2.45. The summed E-state index contributed by atoms with van der Waals surface area (Å²) in [5.41, 5.74) is 2.51. The van der Waals surface area contributed by atoms with E-state index in [9.17, 15) is 4.79 Å². The van der Waals surface area contributed by atoms with Crippen LogP contribution in [0.4, 0.5) is 0 Å². The normalized spacial score (nSPS) is 16.6. The summed E-state index contributed by atoms with van der Waals surface area (Å²) in [5.74, 6) is 0.574. The van der Waals surface area contributed by atoms with Gasteiger partial charge in [-0.2, -0.15) is 0 Å². The fourth-order valence-electron chi connectivity index (χ4n) is 1.82. The van der Waals surface area contributed by atoms with E-state index in [1.807, 2.05) is 26.0 Å². The van der Waals surface area contributed by atoms with Gasteiger partial charge in [0.2, 0.25) is 0 Å². The first-order chi connectivity index (χ1) is 8.06. The molecule has 0 spiro atoms. The van der Waals surface area contributed by atoms with Crippen LogP contribution in [0.5, 0.6) is 0 Å². The number of rotatable bonds is 4. The molecular formula is C13H17ClN2O. The number of pyridine rings is 1. The van der Waals surface area contributed by atoms with Gasteiger partial charge in [0.25, 0.3) is 5.91 Å². The molecule has 1 aromatic heterocycles. The van der Waals surface area contributed by atoms with Gasteiger partial charge in [-0.15, -0.1) is 11.6 Å². The van der Waals surface area contributed by atoms with Crippen molar-refractivity contribution in [1.29, 1.82) is 0 Å². The van der Waals surface area contributed by atoms with E-state index in [1.165, 1.54) is 0 Å². The topological polar surface area (TPSA) is 42.0 Å². The first-order valence-corrected chi connectivity index (χ1v) is 6.38. The standard InChI is InChI=1S/C13H17ClN2O/c1-9-3-4-11(10(2)16-9)12(17)15-8-13(7-14)5-6-13/h3-4H,5-8H2,1-2H3,(H,15,17). The van der Waals surface area contributed by atoms with E-state index >= 15 is 0 Å². The molecule has 3 nitrogen and oxygen atoms in total. The highest BCUT2D eigenvalue weighted by Crippen LogP contribution is 2.45. The lowest BCUT2D eigenvalue weighted by atomic mass is 10.1.